The van der Waals surface area contributed by atoms with Crippen LogP contribution in [-0.4, -0.2) is 30.5 Å². The number of benzene rings is 2. The molecule has 25 heavy (non-hydrogen) atoms. The van der Waals surface area contributed by atoms with Gasteiger partial charge in [-0.25, -0.2) is 0 Å². The Balaban J connectivity index is 1.50. The van der Waals surface area contributed by atoms with Gasteiger partial charge in [0, 0.05) is 18.7 Å². The lowest BCUT2D eigenvalue weighted by atomic mass is 10.1. The van der Waals surface area contributed by atoms with Crippen molar-refractivity contribution in [2.75, 3.05) is 19.7 Å². The summed E-state index contributed by atoms with van der Waals surface area (Å²) in [6.07, 6.45) is 2.60. The van der Waals surface area contributed by atoms with Crippen LogP contribution in [0.15, 0.2) is 48.5 Å². The number of carbonyl (C=O) groups excluding carboxylic acids is 1. The average molecular weight is 338 g/mol. The van der Waals surface area contributed by atoms with Crippen LogP contribution in [0.5, 0.6) is 5.75 Å². The van der Waals surface area contributed by atoms with Crippen molar-refractivity contribution in [3.05, 3.63) is 65.2 Å². The molecule has 2 aromatic rings. The molecule has 132 valence electrons. The van der Waals surface area contributed by atoms with Gasteiger partial charge < -0.3 is 10.1 Å². The van der Waals surface area contributed by atoms with E-state index in [0.717, 1.165) is 17.9 Å². The van der Waals surface area contributed by atoms with Crippen molar-refractivity contribution in [2.45, 2.75) is 32.9 Å². The molecule has 1 aliphatic rings. The topological polar surface area (TPSA) is 41.6 Å². The summed E-state index contributed by atoms with van der Waals surface area (Å²) >= 11 is 0. The highest BCUT2D eigenvalue weighted by molar-refractivity contribution is 5.94. The Labute approximate surface area is 149 Å². The number of hydrogen-bond acceptors (Lipinski definition) is 3. The Hall–Kier alpha value is -2.33. The summed E-state index contributed by atoms with van der Waals surface area (Å²) in [7, 11) is 0. The van der Waals surface area contributed by atoms with Gasteiger partial charge in [-0.1, -0.05) is 24.3 Å². The van der Waals surface area contributed by atoms with Crippen molar-refractivity contribution in [3.8, 4) is 5.75 Å². The lowest BCUT2D eigenvalue weighted by molar-refractivity contribution is 0.0951. The molecule has 4 heteroatoms. The molecule has 2 aromatic carbocycles. The van der Waals surface area contributed by atoms with Crippen LogP contribution in [-0.2, 0) is 13.1 Å². The Kier molecular flexibility index (Phi) is 6.07. The van der Waals surface area contributed by atoms with Gasteiger partial charge in [0.15, 0.2) is 0 Å². The van der Waals surface area contributed by atoms with E-state index in [9.17, 15) is 4.79 Å². The first kappa shape index (κ1) is 17.5. The largest absolute Gasteiger partial charge is 0.494 e. The molecular formula is C21H26N2O2. The number of likely N-dealkylation sites (tertiary alicyclic amines) is 1. The molecule has 1 aliphatic heterocycles. The third kappa shape index (κ3) is 5.07. The lowest BCUT2D eigenvalue weighted by Crippen LogP contribution is -2.23. The average Bonchev–Trinajstić information content (AvgIpc) is 3.15. The molecule has 0 radical (unpaired) electrons. The molecule has 1 N–H and O–H groups in total. The molecule has 1 fully saturated rings. The van der Waals surface area contributed by atoms with Crippen molar-refractivity contribution < 1.29 is 9.53 Å². The van der Waals surface area contributed by atoms with Gasteiger partial charge in [0.2, 0.25) is 0 Å². The van der Waals surface area contributed by atoms with E-state index in [4.69, 9.17) is 4.74 Å². The summed E-state index contributed by atoms with van der Waals surface area (Å²) in [4.78, 5) is 14.8. The fraction of sp³-hybridized carbons (Fsp3) is 0.381. The standard InChI is InChI=1S/C21H26N2O2/c1-2-25-20-11-7-17(8-12-20)15-22-21(24)19-9-5-18(6-10-19)16-23-13-3-4-14-23/h5-12H,2-4,13-16H2,1H3,(H,22,24). The monoisotopic (exact) mass is 338 g/mol. The summed E-state index contributed by atoms with van der Waals surface area (Å²) in [6, 6.07) is 15.8. The molecule has 0 aliphatic carbocycles. The molecule has 0 aromatic heterocycles. The number of rotatable bonds is 7. The van der Waals surface area contributed by atoms with Crippen LogP contribution in [0, 0.1) is 0 Å². The molecule has 1 saturated heterocycles. The van der Waals surface area contributed by atoms with E-state index in [2.05, 4.69) is 22.3 Å². The van der Waals surface area contributed by atoms with Crippen LogP contribution in [0.1, 0.15) is 41.3 Å². The number of carbonyl (C=O) groups is 1. The summed E-state index contributed by atoms with van der Waals surface area (Å²) < 4.78 is 5.42. The minimum atomic E-state index is -0.0402. The number of amides is 1. The van der Waals surface area contributed by atoms with Crippen molar-refractivity contribution in [3.63, 3.8) is 0 Å². The minimum absolute atomic E-state index is 0.0402. The molecule has 0 unspecified atom stereocenters. The van der Waals surface area contributed by atoms with E-state index in [0.29, 0.717) is 18.7 Å². The first-order valence-electron chi connectivity index (χ1n) is 9.06. The number of hydrogen-bond donors (Lipinski definition) is 1. The Morgan fingerprint density at radius 2 is 1.64 bits per heavy atom. The molecule has 3 rings (SSSR count). The number of nitrogens with one attached hydrogen (secondary N) is 1. The highest BCUT2D eigenvalue weighted by atomic mass is 16.5. The Morgan fingerprint density at radius 1 is 1.00 bits per heavy atom. The predicted molar refractivity (Wildman–Crippen MR) is 99.7 cm³/mol. The highest BCUT2D eigenvalue weighted by Gasteiger charge is 2.12. The minimum Gasteiger partial charge on any atom is -0.494 e. The van der Waals surface area contributed by atoms with E-state index in [1.807, 2.05) is 43.3 Å². The predicted octanol–water partition coefficient (Wildman–Crippen LogP) is 3.61. The second-order valence-electron chi connectivity index (χ2n) is 6.44. The maximum Gasteiger partial charge on any atom is 0.251 e. The fourth-order valence-electron chi connectivity index (χ4n) is 3.12. The van der Waals surface area contributed by atoms with E-state index < -0.39 is 0 Å². The van der Waals surface area contributed by atoms with Gasteiger partial charge in [0.1, 0.15) is 5.75 Å². The normalized spacial score (nSPS) is 14.4. The van der Waals surface area contributed by atoms with Gasteiger partial charge in [-0.15, -0.1) is 0 Å². The van der Waals surface area contributed by atoms with Gasteiger partial charge >= 0.3 is 0 Å². The van der Waals surface area contributed by atoms with Crippen LogP contribution in [0.2, 0.25) is 0 Å². The quantitative estimate of drug-likeness (QED) is 0.838. The van der Waals surface area contributed by atoms with Gasteiger partial charge in [-0.2, -0.15) is 0 Å². The third-order valence-electron chi connectivity index (χ3n) is 4.51. The smallest absolute Gasteiger partial charge is 0.251 e. The molecule has 0 spiro atoms. The van der Waals surface area contributed by atoms with Crippen molar-refractivity contribution in [1.29, 1.82) is 0 Å². The zero-order valence-corrected chi connectivity index (χ0v) is 14.8. The summed E-state index contributed by atoms with van der Waals surface area (Å²) in [6.45, 7) is 6.48. The van der Waals surface area contributed by atoms with E-state index in [1.54, 1.807) is 0 Å². The maximum absolute atomic E-state index is 12.3. The highest BCUT2D eigenvalue weighted by Crippen LogP contribution is 2.14. The van der Waals surface area contributed by atoms with E-state index >= 15 is 0 Å². The van der Waals surface area contributed by atoms with Crippen molar-refractivity contribution >= 4 is 5.91 Å². The summed E-state index contributed by atoms with van der Waals surface area (Å²) in [5, 5.41) is 2.97. The number of ether oxygens (including phenoxy) is 1. The zero-order chi connectivity index (χ0) is 17.5. The Bertz CT molecular complexity index is 674. The second kappa shape index (κ2) is 8.67. The van der Waals surface area contributed by atoms with Gasteiger partial charge in [0.25, 0.3) is 5.91 Å². The first-order chi connectivity index (χ1) is 12.2. The SMILES string of the molecule is CCOc1ccc(CNC(=O)c2ccc(CN3CCCC3)cc2)cc1. The van der Waals surface area contributed by atoms with E-state index in [-0.39, 0.29) is 5.91 Å². The van der Waals surface area contributed by atoms with Crippen LogP contribution in [0.4, 0.5) is 0 Å². The summed E-state index contributed by atoms with van der Waals surface area (Å²) in [5.41, 5.74) is 3.03. The van der Waals surface area contributed by atoms with Gasteiger partial charge in [-0.3, -0.25) is 9.69 Å². The summed E-state index contributed by atoms with van der Waals surface area (Å²) in [5.74, 6) is 0.813. The van der Waals surface area contributed by atoms with Crippen LogP contribution >= 0.6 is 0 Å². The maximum atomic E-state index is 12.3. The third-order valence-corrected chi connectivity index (χ3v) is 4.51. The second-order valence-corrected chi connectivity index (χ2v) is 6.44. The number of nitrogens with zero attached hydrogens (tertiary/aromatic N) is 1. The van der Waals surface area contributed by atoms with Gasteiger partial charge in [-0.05, 0) is 68.2 Å². The van der Waals surface area contributed by atoms with Crippen molar-refractivity contribution in [1.82, 2.24) is 10.2 Å². The van der Waals surface area contributed by atoms with Crippen LogP contribution in [0.3, 0.4) is 0 Å². The Morgan fingerprint density at radius 3 is 2.28 bits per heavy atom. The molecule has 4 nitrogen and oxygen atoms in total. The van der Waals surface area contributed by atoms with Crippen LogP contribution in [0.25, 0.3) is 0 Å². The zero-order valence-electron chi connectivity index (χ0n) is 14.8. The molecule has 0 atom stereocenters. The molecule has 0 bridgehead atoms. The van der Waals surface area contributed by atoms with Crippen LogP contribution < -0.4 is 10.1 Å². The molecule has 1 heterocycles. The lowest BCUT2D eigenvalue weighted by Gasteiger charge is -2.14. The first-order valence-corrected chi connectivity index (χ1v) is 9.06. The molecule has 0 saturated carbocycles. The van der Waals surface area contributed by atoms with Crippen molar-refractivity contribution in [2.24, 2.45) is 0 Å². The van der Waals surface area contributed by atoms with E-state index in [1.165, 1.54) is 31.5 Å². The fourth-order valence-corrected chi connectivity index (χ4v) is 3.12. The molecule has 1 amide bonds. The molecular weight excluding hydrogens is 312 g/mol. The van der Waals surface area contributed by atoms with Gasteiger partial charge in [0.05, 0.1) is 6.61 Å².